The van der Waals surface area contributed by atoms with Crippen molar-refractivity contribution in [3.63, 3.8) is 0 Å². The number of hydrogen-bond donors (Lipinski definition) is 1. The lowest BCUT2D eigenvalue weighted by Gasteiger charge is -2.07. The van der Waals surface area contributed by atoms with Gasteiger partial charge in [-0.1, -0.05) is 30.3 Å². The monoisotopic (exact) mass is 361 g/mol. The molecule has 0 spiro atoms. The zero-order chi connectivity index (χ0) is 19.0. The molecule has 1 N–H and O–H groups in total. The molecular weight excluding hydrogens is 345 g/mol. The van der Waals surface area contributed by atoms with Gasteiger partial charge in [-0.05, 0) is 43.7 Å². The van der Waals surface area contributed by atoms with Crippen LogP contribution in [-0.4, -0.2) is 25.7 Å². The molecule has 0 radical (unpaired) electrons. The van der Waals surface area contributed by atoms with Crippen molar-refractivity contribution in [1.29, 1.82) is 0 Å². The van der Waals surface area contributed by atoms with Gasteiger partial charge in [0.25, 0.3) is 5.91 Å². The lowest BCUT2D eigenvalue weighted by atomic mass is 10.1. The van der Waals surface area contributed by atoms with Gasteiger partial charge in [-0.25, -0.2) is 8.91 Å². The van der Waals surface area contributed by atoms with Crippen molar-refractivity contribution in [3.8, 4) is 11.1 Å². The molecule has 0 saturated carbocycles. The molecule has 0 saturated heterocycles. The van der Waals surface area contributed by atoms with Crippen LogP contribution in [0.25, 0.3) is 16.8 Å². The molecule has 0 bridgehead atoms. The summed E-state index contributed by atoms with van der Waals surface area (Å²) >= 11 is 0. The number of fused-ring (bicyclic) bond motifs is 1. The van der Waals surface area contributed by atoms with E-state index in [-0.39, 0.29) is 17.4 Å². The Morgan fingerprint density at radius 2 is 1.70 bits per heavy atom. The average molecular weight is 361 g/mol. The largest absolute Gasteiger partial charge is 0.321 e. The van der Waals surface area contributed by atoms with E-state index in [1.165, 1.54) is 12.1 Å². The maximum Gasteiger partial charge on any atom is 0.278 e. The van der Waals surface area contributed by atoms with Crippen molar-refractivity contribution >= 4 is 17.2 Å². The van der Waals surface area contributed by atoms with E-state index >= 15 is 0 Å². The number of halogens is 1. The van der Waals surface area contributed by atoms with Gasteiger partial charge < -0.3 is 5.32 Å². The van der Waals surface area contributed by atoms with E-state index in [0.29, 0.717) is 17.0 Å². The van der Waals surface area contributed by atoms with Crippen molar-refractivity contribution in [2.75, 3.05) is 5.32 Å². The van der Waals surface area contributed by atoms with Crippen molar-refractivity contribution in [1.82, 2.24) is 19.8 Å². The number of hydrogen-bond acceptors (Lipinski definition) is 4. The minimum Gasteiger partial charge on any atom is -0.321 e. The summed E-state index contributed by atoms with van der Waals surface area (Å²) in [5.41, 5.74) is 4.24. The fourth-order valence-electron chi connectivity index (χ4n) is 2.99. The Kier molecular flexibility index (Phi) is 4.12. The summed E-state index contributed by atoms with van der Waals surface area (Å²) in [5.74, 6) is -0.667. The molecule has 1 amide bonds. The quantitative estimate of drug-likeness (QED) is 0.602. The van der Waals surface area contributed by atoms with Gasteiger partial charge in [0.05, 0.1) is 17.0 Å². The van der Waals surface area contributed by atoms with Crippen LogP contribution in [-0.2, 0) is 0 Å². The minimum absolute atomic E-state index is 0.194. The van der Waals surface area contributed by atoms with Crippen LogP contribution >= 0.6 is 0 Å². The van der Waals surface area contributed by atoms with Crippen LogP contribution in [0.4, 0.5) is 10.1 Å². The predicted molar refractivity (Wildman–Crippen MR) is 100 cm³/mol. The van der Waals surface area contributed by atoms with Gasteiger partial charge >= 0.3 is 0 Å². The van der Waals surface area contributed by atoms with Gasteiger partial charge in [-0.2, -0.15) is 5.10 Å². The number of carbonyl (C=O) groups excluding carboxylic acids is 1. The van der Waals surface area contributed by atoms with Crippen LogP contribution in [0.5, 0.6) is 0 Å². The van der Waals surface area contributed by atoms with Crippen LogP contribution < -0.4 is 5.32 Å². The lowest BCUT2D eigenvalue weighted by molar-refractivity contribution is 0.102. The molecule has 2 heterocycles. The van der Waals surface area contributed by atoms with Crippen molar-refractivity contribution < 1.29 is 9.18 Å². The number of anilines is 1. The molecule has 27 heavy (non-hydrogen) atoms. The van der Waals surface area contributed by atoms with Gasteiger partial charge in [0.1, 0.15) is 5.82 Å². The highest BCUT2D eigenvalue weighted by Gasteiger charge is 2.20. The summed E-state index contributed by atoms with van der Waals surface area (Å²) in [7, 11) is 0. The summed E-state index contributed by atoms with van der Waals surface area (Å²) in [4.78, 5) is 12.6. The first-order valence-electron chi connectivity index (χ1n) is 8.39. The second-order valence-electron chi connectivity index (χ2n) is 6.16. The standard InChI is InChI=1S/C20H16FN5O/c1-12-17(14-8-10-15(21)11-9-14)19-24-23-18(13(2)26(19)25-12)20(27)22-16-6-4-3-5-7-16/h3-11H,1-2H3,(H,22,27). The molecule has 7 heteroatoms. The van der Waals surface area contributed by atoms with Gasteiger partial charge in [0, 0.05) is 5.69 Å². The second kappa shape index (κ2) is 6.60. The molecule has 0 aliphatic carbocycles. The highest BCUT2D eigenvalue weighted by Crippen LogP contribution is 2.28. The van der Waals surface area contributed by atoms with Crippen molar-refractivity contribution in [2.24, 2.45) is 0 Å². The SMILES string of the molecule is Cc1nn2c(C)c(C(=O)Nc3ccccc3)nnc2c1-c1ccc(F)cc1. The van der Waals surface area contributed by atoms with Gasteiger partial charge in [0.15, 0.2) is 11.3 Å². The topological polar surface area (TPSA) is 72.2 Å². The normalized spacial score (nSPS) is 10.9. The number of aryl methyl sites for hydroxylation is 2. The summed E-state index contributed by atoms with van der Waals surface area (Å²) in [6, 6.07) is 15.3. The molecule has 0 aliphatic heterocycles. The molecule has 4 rings (SSSR count). The van der Waals surface area contributed by atoms with E-state index < -0.39 is 0 Å². The summed E-state index contributed by atoms with van der Waals surface area (Å²) in [6.07, 6.45) is 0. The summed E-state index contributed by atoms with van der Waals surface area (Å²) < 4.78 is 14.8. The van der Waals surface area contributed by atoms with Gasteiger partial charge in [-0.3, -0.25) is 4.79 Å². The Morgan fingerprint density at radius 1 is 1.00 bits per heavy atom. The van der Waals surface area contributed by atoms with Crippen LogP contribution in [0.2, 0.25) is 0 Å². The van der Waals surface area contributed by atoms with E-state index in [1.54, 1.807) is 35.7 Å². The maximum absolute atomic E-state index is 13.2. The number of rotatable bonds is 3. The van der Waals surface area contributed by atoms with Crippen molar-refractivity contribution in [2.45, 2.75) is 13.8 Å². The van der Waals surface area contributed by atoms with Crippen LogP contribution in [0.15, 0.2) is 54.6 Å². The Labute approximate surface area is 154 Å². The van der Waals surface area contributed by atoms with Crippen molar-refractivity contribution in [3.05, 3.63) is 77.5 Å². The fourth-order valence-corrected chi connectivity index (χ4v) is 2.99. The number of benzene rings is 2. The molecule has 0 aliphatic rings. The first-order valence-corrected chi connectivity index (χ1v) is 8.39. The number of nitrogens with zero attached hydrogens (tertiary/aromatic N) is 4. The smallest absolute Gasteiger partial charge is 0.278 e. The van der Waals surface area contributed by atoms with E-state index in [2.05, 4.69) is 20.6 Å². The first kappa shape index (κ1) is 16.8. The Morgan fingerprint density at radius 3 is 2.41 bits per heavy atom. The third kappa shape index (κ3) is 3.03. The van der Waals surface area contributed by atoms with Crippen LogP contribution in [0, 0.1) is 19.7 Å². The molecule has 0 atom stereocenters. The van der Waals surface area contributed by atoms with Gasteiger partial charge in [-0.15, -0.1) is 10.2 Å². The third-order valence-corrected chi connectivity index (χ3v) is 4.32. The molecule has 2 aromatic carbocycles. The van der Waals surface area contributed by atoms with Crippen LogP contribution in [0.1, 0.15) is 21.9 Å². The van der Waals surface area contributed by atoms with E-state index in [4.69, 9.17) is 0 Å². The lowest BCUT2D eigenvalue weighted by Crippen LogP contribution is -2.18. The molecular formula is C20H16FN5O. The van der Waals surface area contributed by atoms with E-state index in [9.17, 15) is 9.18 Å². The zero-order valence-corrected chi connectivity index (χ0v) is 14.8. The van der Waals surface area contributed by atoms with E-state index in [0.717, 1.165) is 16.8 Å². The summed E-state index contributed by atoms with van der Waals surface area (Å²) in [6.45, 7) is 3.61. The third-order valence-electron chi connectivity index (χ3n) is 4.32. The van der Waals surface area contributed by atoms with Gasteiger partial charge in [0.2, 0.25) is 0 Å². The Balaban J connectivity index is 1.77. The molecule has 0 unspecified atom stereocenters. The Hall–Kier alpha value is -3.61. The maximum atomic E-state index is 13.2. The molecule has 0 fully saturated rings. The fraction of sp³-hybridized carbons (Fsp3) is 0.100. The minimum atomic E-state index is -0.357. The second-order valence-corrected chi connectivity index (χ2v) is 6.16. The number of para-hydroxylation sites is 1. The average Bonchev–Trinajstić information content (AvgIpc) is 3.00. The highest BCUT2D eigenvalue weighted by atomic mass is 19.1. The molecule has 134 valence electrons. The molecule has 6 nitrogen and oxygen atoms in total. The predicted octanol–water partition coefficient (Wildman–Crippen LogP) is 3.80. The Bertz CT molecular complexity index is 1140. The van der Waals surface area contributed by atoms with Crippen LogP contribution in [0.3, 0.4) is 0 Å². The number of aromatic nitrogens is 4. The zero-order valence-electron chi connectivity index (χ0n) is 14.8. The van der Waals surface area contributed by atoms with E-state index in [1.807, 2.05) is 25.1 Å². The highest BCUT2D eigenvalue weighted by molar-refractivity contribution is 6.03. The number of nitrogens with one attached hydrogen (secondary N) is 1. The molecule has 4 aromatic rings. The first-order chi connectivity index (χ1) is 13.0. The number of carbonyl (C=O) groups is 1. The number of amides is 1. The summed E-state index contributed by atoms with van der Waals surface area (Å²) in [5, 5.41) is 15.6. The molecule has 2 aromatic heterocycles.